The minimum absolute atomic E-state index is 0.0429. The van der Waals surface area contributed by atoms with Crippen LogP contribution in [0.1, 0.15) is 109 Å². The summed E-state index contributed by atoms with van der Waals surface area (Å²) < 4.78 is 0. The highest BCUT2D eigenvalue weighted by Crippen LogP contribution is 2.29. The third kappa shape index (κ3) is 10.7. The van der Waals surface area contributed by atoms with Gasteiger partial charge in [-0.05, 0) is 77.0 Å². The van der Waals surface area contributed by atoms with Gasteiger partial charge in [0.25, 0.3) is 0 Å². The monoisotopic (exact) mass is 693 g/mol. The number of benzene rings is 3. The molecule has 0 saturated heterocycles. The first-order valence-corrected chi connectivity index (χ1v) is 19.2. The Hall–Kier alpha value is -4.19. The second-order valence-corrected chi connectivity index (χ2v) is 14.3. The van der Waals surface area contributed by atoms with Crippen molar-refractivity contribution in [1.29, 1.82) is 0 Å². The lowest BCUT2D eigenvalue weighted by molar-refractivity contribution is -0.135. The fourth-order valence-electron chi connectivity index (χ4n) is 7.43. The minimum atomic E-state index is 0.0429. The zero-order valence-electron chi connectivity index (χ0n) is 32.8. The van der Waals surface area contributed by atoms with Crippen LogP contribution < -0.4 is 0 Å². The summed E-state index contributed by atoms with van der Waals surface area (Å²) in [6.07, 6.45) is 5.97. The van der Waals surface area contributed by atoms with E-state index in [0.717, 1.165) is 45.3 Å². The average molecular weight is 694 g/mol. The Morgan fingerprint density at radius 3 is 1.39 bits per heavy atom. The Morgan fingerprint density at radius 2 is 1.02 bits per heavy atom. The average Bonchev–Trinajstić information content (AvgIpc) is 3.16. The lowest BCUT2D eigenvalue weighted by Gasteiger charge is -2.39. The molecule has 3 atom stereocenters. The smallest absolute Gasteiger partial charge is 0.246 e. The summed E-state index contributed by atoms with van der Waals surface area (Å²) in [5, 5.41) is 0. The Kier molecular flexibility index (Phi) is 16.2. The predicted molar refractivity (Wildman–Crippen MR) is 211 cm³/mol. The van der Waals surface area contributed by atoms with Crippen LogP contribution >= 0.6 is 0 Å². The van der Waals surface area contributed by atoms with E-state index in [2.05, 4.69) is 107 Å². The summed E-state index contributed by atoms with van der Waals surface area (Å²) in [5.74, 6) is 1.53. The van der Waals surface area contributed by atoms with Gasteiger partial charge in [-0.15, -0.1) is 0 Å². The molecule has 3 unspecified atom stereocenters. The van der Waals surface area contributed by atoms with E-state index in [-0.39, 0.29) is 17.7 Å². The topological polar surface area (TPSA) is 60.9 Å². The molecule has 3 amide bonds. The number of nitrogens with zero attached hydrogens (tertiary/aromatic N) is 3. The van der Waals surface area contributed by atoms with Crippen LogP contribution in [0.15, 0.2) is 85.5 Å². The molecule has 276 valence electrons. The van der Waals surface area contributed by atoms with Crippen LogP contribution in [0.25, 0.3) is 0 Å². The first-order chi connectivity index (χ1) is 24.5. The van der Waals surface area contributed by atoms with E-state index in [4.69, 9.17) is 0 Å². The van der Waals surface area contributed by atoms with E-state index < -0.39 is 0 Å². The second kappa shape index (κ2) is 20.0. The fraction of sp³-hybridized carbons (Fsp3) is 0.489. The van der Waals surface area contributed by atoms with Crippen molar-refractivity contribution in [2.75, 3.05) is 0 Å². The molecule has 3 aliphatic heterocycles. The SMILES string of the molecule is C=CC(=O)N1Cc2ccccc2CC1CC.CC.CC(=O)N1Cc2ccccc2CC1C(C)C.CCC(=O)N1Cc2ccccc2CC1C(C)C. The van der Waals surface area contributed by atoms with Gasteiger partial charge in [-0.2, -0.15) is 0 Å². The summed E-state index contributed by atoms with van der Waals surface area (Å²) >= 11 is 0. The zero-order chi connectivity index (χ0) is 37.7. The van der Waals surface area contributed by atoms with Gasteiger partial charge in [0.2, 0.25) is 17.7 Å². The molecule has 6 nitrogen and oxygen atoms in total. The van der Waals surface area contributed by atoms with Gasteiger partial charge in [-0.3, -0.25) is 14.4 Å². The number of rotatable bonds is 5. The van der Waals surface area contributed by atoms with Crippen LogP contribution in [-0.2, 0) is 53.3 Å². The second-order valence-electron chi connectivity index (χ2n) is 14.3. The highest BCUT2D eigenvalue weighted by atomic mass is 16.2. The van der Waals surface area contributed by atoms with Crippen molar-refractivity contribution in [2.45, 2.75) is 132 Å². The highest BCUT2D eigenvalue weighted by molar-refractivity contribution is 5.87. The molecule has 3 aromatic carbocycles. The Labute approximate surface area is 308 Å². The van der Waals surface area contributed by atoms with Gasteiger partial charge in [0.15, 0.2) is 0 Å². The molecule has 0 saturated carbocycles. The molecule has 3 aliphatic rings. The third-order valence-electron chi connectivity index (χ3n) is 10.4. The van der Waals surface area contributed by atoms with Crippen LogP contribution in [0.2, 0.25) is 0 Å². The fourth-order valence-corrected chi connectivity index (χ4v) is 7.43. The van der Waals surface area contributed by atoms with E-state index in [1.807, 2.05) is 42.7 Å². The molecule has 0 fully saturated rings. The van der Waals surface area contributed by atoms with Crippen molar-refractivity contribution >= 4 is 17.7 Å². The number of fused-ring (bicyclic) bond motifs is 3. The lowest BCUT2D eigenvalue weighted by atomic mass is 9.88. The molecule has 0 aromatic heterocycles. The van der Waals surface area contributed by atoms with Crippen LogP contribution in [0.4, 0.5) is 0 Å². The summed E-state index contributed by atoms with van der Waals surface area (Å²) in [6.45, 7) is 24.4. The van der Waals surface area contributed by atoms with E-state index in [1.165, 1.54) is 39.5 Å². The molecule has 6 heteroatoms. The van der Waals surface area contributed by atoms with Crippen molar-refractivity contribution in [2.24, 2.45) is 11.8 Å². The zero-order valence-corrected chi connectivity index (χ0v) is 32.8. The van der Waals surface area contributed by atoms with E-state index in [0.29, 0.717) is 36.4 Å². The summed E-state index contributed by atoms with van der Waals surface area (Å²) in [6, 6.07) is 26.3. The quantitative estimate of drug-likeness (QED) is 0.251. The molecule has 3 aromatic rings. The first-order valence-electron chi connectivity index (χ1n) is 19.2. The number of carbonyl (C=O) groups is 3. The van der Waals surface area contributed by atoms with E-state index in [9.17, 15) is 14.4 Å². The molecular formula is C45H63N3O3. The lowest BCUT2D eigenvalue weighted by Crippen LogP contribution is -2.46. The standard InChI is InChI=1S/C15H21NO.C14H19NO.C14H17NO.C2H6/c1-4-15(17)16-10-13-8-6-5-7-12(13)9-14(16)11(2)3;1-10(2)14-8-12-6-4-5-7-13(12)9-15(14)11(3)16;1-3-13-9-11-7-5-6-8-12(11)10-15(13)14(16)4-2;1-2/h5-8,11,14H,4,9-10H2,1-3H3;4-7,10,14H,8-9H2,1-3H3;4-8,13H,2-3,9-10H2,1H3;1-2H3. The number of amides is 3. The Bertz CT molecular complexity index is 1590. The molecule has 0 radical (unpaired) electrons. The molecular weight excluding hydrogens is 631 g/mol. The van der Waals surface area contributed by atoms with Crippen molar-refractivity contribution < 1.29 is 14.4 Å². The summed E-state index contributed by atoms with van der Waals surface area (Å²) in [5.41, 5.74) is 8.07. The van der Waals surface area contributed by atoms with Gasteiger partial charge < -0.3 is 14.7 Å². The summed E-state index contributed by atoms with van der Waals surface area (Å²) in [7, 11) is 0. The van der Waals surface area contributed by atoms with E-state index in [1.54, 1.807) is 6.92 Å². The Morgan fingerprint density at radius 1 is 0.647 bits per heavy atom. The predicted octanol–water partition coefficient (Wildman–Crippen LogP) is 9.18. The van der Waals surface area contributed by atoms with Crippen molar-refractivity contribution in [3.05, 3.63) is 119 Å². The van der Waals surface area contributed by atoms with Gasteiger partial charge in [-0.1, -0.05) is 135 Å². The van der Waals surface area contributed by atoms with Crippen LogP contribution in [0, 0.1) is 11.8 Å². The van der Waals surface area contributed by atoms with Gasteiger partial charge in [0, 0.05) is 51.1 Å². The van der Waals surface area contributed by atoms with Crippen LogP contribution in [0.5, 0.6) is 0 Å². The van der Waals surface area contributed by atoms with Crippen molar-refractivity contribution in [3.63, 3.8) is 0 Å². The van der Waals surface area contributed by atoms with Gasteiger partial charge in [-0.25, -0.2) is 0 Å². The molecule has 0 bridgehead atoms. The number of hydrogen-bond acceptors (Lipinski definition) is 3. The Balaban J connectivity index is 0.000000202. The number of carbonyl (C=O) groups excluding carboxylic acids is 3. The van der Waals surface area contributed by atoms with Crippen molar-refractivity contribution in [1.82, 2.24) is 14.7 Å². The largest absolute Gasteiger partial charge is 0.335 e. The van der Waals surface area contributed by atoms with Gasteiger partial charge in [0.05, 0.1) is 0 Å². The molecule has 0 N–H and O–H groups in total. The molecule has 3 heterocycles. The molecule has 0 spiro atoms. The molecule has 51 heavy (non-hydrogen) atoms. The molecule has 0 aliphatic carbocycles. The highest BCUT2D eigenvalue weighted by Gasteiger charge is 2.31. The number of hydrogen-bond donors (Lipinski definition) is 0. The summed E-state index contributed by atoms with van der Waals surface area (Å²) in [4.78, 5) is 41.4. The maximum Gasteiger partial charge on any atom is 0.246 e. The first kappa shape index (κ1) is 41.2. The van der Waals surface area contributed by atoms with Crippen molar-refractivity contribution in [3.8, 4) is 0 Å². The van der Waals surface area contributed by atoms with Gasteiger partial charge in [0.1, 0.15) is 0 Å². The normalized spacial score (nSPS) is 18.7. The van der Waals surface area contributed by atoms with E-state index >= 15 is 0 Å². The minimum Gasteiger partial charge on any atom is -0.335 e. The van der Waals surface area contributed by atoms with Gasteiger partial charge >= 0.3 is 0 Å². The maximum absolute atomic E-state index is 12.0. The van der Waals surface area contributed by atoms with Crippen LogP contribution in [-0.4, -0.2) is 50.5 Å². The molecule has 6 rings (SSSR count). The third-order valence-corrected chi connectivity index (χ3v) is 10.4. The maximum atomic E-state index is 12.0. The van der Waals surface area contributed by atoms with Crippen LogP contribution in [0.3, 0.4) is 0 Å².